The summed E-state index contributed by atoms with van der Waals surface area (Å²) in [5.41, 5.74) is 2.76. The van der Waals surface area contributed by atoms with Crippen molar-refractivity contribution in [1.29, 1.82) is 0 Å². The van der Waals surface area contributed by atoms with Gasteiger partial charge in [0.1, 0.15) is 17.3 Å². The maximum absolute atomic E-state index is 12.4. The number of amides is 4. The fraction of sp³-hybridized carbons (Fsp3) is 0.320. The summed E-state index contributed by atoms with van der Waals surface area (Å²) < 4.78 is 7.50. The lowest BCUT2D eigenvalue weighted by Gasteiger charge is -2.16. The number of fused-ring (bicyclic) bond motifs is 1. The number of ether oxygens (including phenoxy) is 1. The fourth-order valence-corrected chi connectivity index (χ4v) is 4.36. The van der Waals surface area contributed by atoms with Crippen molar-refractivity contribution < 1.29 is 19.1 Å². The maximum atomic E-state index is 12.4. The highest BCUT2D eigenvalue weighted by atomic mass is 16.5. The molecule has 3 aliphatic rings. The molecule has 0 spiro atoms. The number of benzene rings is 1. The third-order valence-corrected chi connectivity index (χ3v) is 6.40. The van der Waals surface area contributed by atoms with Crippen molar-refractivity contribution >= 4 is 35.4 Å². The molecule has 11 nitrogen and oxygen atoms in total. The van der Waals surface area contributed by atoms with Gasteiger partial charge in [0.05, 0.1) is 11.9 Å². The van der Waals surface area contributed by atoms with E-state index in [0.29, 0.717) is 28.7 Å². The number of hydrogen-bond donors (Lipinski definition) is 3. The molecule has 2 aliphatic heterocycles. The first kappa shape index (κ1) is 22.1. The molecular weight excluding hydrogens is 462 g/mol. The smallest absolute Gasteiger partial charge is 0.326 e. The molecule has 0 radical (unpaired) electrons. The number of likely N-dealkylation sites (tertiary alicyclic amines) is 1. The van der Waals surface area contributed by atoms with Gasteiger partial charge in [0, 0.05) is 36.3 Å². The lowest BCUT2D eigenvalue weighted by atomic mass is 10.1. The Kier molecular flexibility index (Phi) is 5.51. The molecule has 11 heteroatoms. The molecule has 36 heavy (non-hydrogen) atoms. The second kappa shape index (κ2) is 8.99. The van der Waals surface area contributed by atoms with Crippen LogP contribution in [0.25, 0.3) is 23.0 Å². The van der Waals surface area contributed by atoms with E-state index in [0.717, 1.165) is 50.2 Å². The Morgan fingerprint density at radius 2 is 2.00 bits per heavy atom. The van der Waals surface area contributed by atoms with E-state index >= 15 is 0 Å². The summed E-state index contributed by atoms with van der Waals surface area (Å²) in [4.78, 5) is 42.6. The highest BCUT2D eigenvalue weighted by Gasteiger charge is 2.25. The quantitative estimate of drug-likeness (QED) is 0.344. The van der Waals surface area contributed by atoms with Gasteiger partial charge in [-0.15, -0.1) is 0 Å². The number of hydrogen-bond acceptors (Lipinski definition) is 7. The monoisotopic (exact) mass is 487 g/mol. The molecule has 1 aromatic carbocycles. The van der Waals surface area contributed by atoms with E-state index in [4.69, 9.17) is 9.72 Å². The number of rotatable bonds is 7. The summed E-state index contributed by atoms with van der Waals surface area (Å²) in [7, 11) is 0. The van der Waals surface area contributed by atoms with Crippen LogP contribution in [0.2, 0.25) is 0 Å². The van der Waals surface area contributed by atoms with E-state index in [2.05, 4.69) is 21.0 Å². The molecule has 4 amide bonds. The Balaban J connectivity index is 1.32. The minimum Gasteiger partial charge on any atom is -0.484 e. The van der Waals surface area contributed by atoms with Gasteiger partial charge in [0.15, 0.2) is 12.3 Å². The molecule has 0 atom stereocenters. The summed E-state index contributed by atoms with van der Waals surface area (Å²) >= 11 is 0. The molecule has 4 heterocycles. The number of nitrogens with zero attached hydrogens (tertiary/aromatic N) is 4. The Hall–Kier alpha value is -4.41. The summed E-state index contributed by atoms with van der Waals surface area (Å²) in [5, 5.41) is 12.6. The van der Waals surface area contributed by atoms with Gasteiger partial charge < -0.3 is 20.3 Å². The molecule has 184 valence electrons. The topological polar surface area (TPSA) is 130 Å². The lowest BCUT2D eigenvalue weighted by molar-refractivity contribution is -0.132. The van der Waals surface area contributed by atoms with Crippen LogP contribution in [-0.4, -0.2) is 63.1 Å². The minimum atomic E-state index is -0.563. The van der Waals surface area contributed by atoms with Crippen molar-refractivity contribution in [2.45, 2.75) is 31.7 Å². The van der Waals surface area contributed by atoms with Crippen LogP contribution < -0.4 is 20.7 Å². The summed E-state index contributed by atoms with van der Waals surface area (Å²) in [6, 6.07) is 9.20. The van der Waals surface area contributed by atoms with Gasteiger partial charge in [-0.05, 0) is 43.9 Å². The number of carbonyl (C=O) groups is 3. The molecule has 1 saturated carbocycles. The third kappa shape index (κ3) is 4.47. The molecule has 6 rings (SSSR count). The molecule has 0 unspecified atom stereocenters. The number of imide groups is 1. The Labute approximate surface area is 206 Å². The molecule has 3 aromatic rings. The largest absolute Gasteiger partial charge is 0.484 e. The SMILES string of the molecule is O=C1NC(=O)/C(=C/c2cnn3c(NC4CC4)cc(-c4cccc(OCC(=O)N5CCCC5)c4)nc23)N1. The van der Waals surface area contributed by atoms with Gasteiger partial charge in [-0.2, -0.15) is 9.61 Å². The van der Waals surface area contributed by atoms with Crippen LogP contribution in [0.4, 0.5) is 10.6 Å². The van der Waals surface area contributed by atoms with Crippen LogP contribution >= 0.6 is 0 Å². The molecule has 3 fully saturated rings. The maximum Gasteiger partial charge on any atom is 0.326 e. The zero-order valence-corrected chi connectivity index (χ0v) is 19.5. The predicted molar refractivity (Wildman–Crippen MR) is 131 cm³/mol. The van der Waals surface area contributed by atoms with Crippen molar-refractivity contribution in [2.24, 2.45) is 0 Å². The van der Waals surface area contributed by atoms with Gasteiger partial charge in [-0.1, -0.05) is 12.1 Å². The Morgan fingerprint density at radius 1 is 1.17 bits per heavy atom. The van der Waals surface area contributed by atoms with Gasteiger partial charge in [-0.3, -0.25) is 14.9 Å². The zero-order valence-electron chi connectivity index (χ0n) is 19.5. The van der Waals surface area contributed by atoms with E-state index in [1.54, 1.807) is 16.8 Å². The second-order valence-corrected chi connectivity index (χ2v) is 9.15. The summed E-state index contributed by atoms with van der Waals surface area (Å²) in [6.07, 6.45) is 7.41. The van der Waals surface area contributed by atoms with Crippen LogP contribution in [0.1, 0.15) is 31.2 Å². The van der Waals surface area contributed by atoms with E-state index in [1.807, 2.05) is 35.2 Å². The second-order valence-electron chi connectivity index (χ2n) is 9.15. The van der Waals surface area contributed by atoms with Crippen molar-refractivity contribution in [3.8, 4) is 17.0 Å². The minimum absolute atomic E-state index is 0.00146. The standard InChI is InChI=1S/C25H25N7O4/c33-22(31-8-1-2-9-31)14-36-18-5-3-4-15(10-18)19-12-21(27-17-6-7-17)32-23(28-19)16(13-26-32)11-20-24(34)30-25(35)29-20/h3-5,10-13,17,27H,1-2,6-9,14H2,(H2,29,30,34,35)/b20-11-. The average Bonchev–Trinajstić information content (AvgIpc) is 3.23. The lowest BCUT2D eigenvalue weighted by Crippen LogP contribution is -2.32. The highest BCUT2D eigenvalue weighted by molar-refractivity contribution is 6.14. The first-order valence-corrected chi connectivity index (χ1v) is 12.0. The van der Waals surface area contributed by atoms with Crippen LogP contribution in [-0.2, 0) is 9.59 Å². The first-order chi connectivity index (χ1) is 17.5. The fourth-order valence-electron chi connectivity index (χ4n) is 4.36. The highest BCUT2D eigenvalue weighted by Crippen LogP contribution is 2.30. The van der Waals surface area contributed by atoms with Crippen molar-refractivity contribution in [3.63, 3.8) is 0 Å². The van der Waals surface area contributed by atoms with E-state index in [9.17, 15) is 14.4 Å². The van der Waals surface area contributed by atoms with Gasteiger partial charge in [0.25, 0.3) is 11.8 Å². The molecule has 2 saturated heterocycles. The Morgan fingerprint density at radius 3 is 2.75 bits per heavy atom. The van der Waals surface area contributed by atoms with Crippen molar-refractivity contribution in [3.05, 3.63) is 47.8 Å². The van der Waals surface area contributed by atoms with E-state index < -0.39 is 11.9 Å². The van der Waals surface area contributed by atoms with Crippen LogP contribution in [0.3, 0.4) is 0 Å². The van der Waals surface area contributed by atoms with Crippen molar-refractivity contribution in [1.82, 2.24) is 30.1 Å². The number of urea groups is 1. The first-order valence-electron chi connectivity index (χ1n) is 12.0. The predicted octanol–water partition coefficient (Wildman–Crippen LogP) is 2.15. The third-order valence-electron chi connectivity index (χ3n) is 6.40. The summed E-state index contributed by atoms with van der Waals surface area (Å²) in [5.74, 6) is 0.853. The van der Waals surface area contributed by atoms with Gasteiger partial charge in [0.2, 0.25) is 0 Å². The molecule has 3 N–H and O–H groups in total. The van der Waals surface area contributed by atoms with Crippen LogP contribution in [0.15, 0.2) is 42.2 Å². The zero-order chi connectivity index (χ0) is 24.6. The van der Waals surface area contributed by atoms with E-state index in [-0.39, 0.29) is 18.2 Å². The van der Waals surface area contributed by atoms with E-state index in [1.165, 1.54) is 0 Å². The van der Waals surface area contributed by atoms with Crippen LogP contribution in [0.5, 0.6) is 5.75 Å². The Bertz CT molecular complexity index is 1400. The molecule has 1 aliphatic carbocycles. The molecular formula is C25H25N7O4. The van der Waals surface area contributed by atoms with Gasteiger partial charge >= 0.3 is 6.03 Å². The molecule has 2 aromatic heterocycles. The number of aromatic nitrogens is 3. The number of anilines is 1. The van der Waals surface area contributed by atoms with Gasteiger partial charge in [-0.25, -0.2) is 9.78 Å². The number of carbonyl (C=O) groups excluding carboxylic acids is 3. The molecule has 0 bridgehead atoms. The summed E-state index contributed by atoms with van der Waals surface area (Å²) in [6.45, 7) is 1.58. The van der Waals surface area contributed by atoms with Crippen LogP contribution in [0, 0.1) is 0 Å². The average molecular weight is 488 g/mol. The number of nitrogens with one attached hydrogen (secondary N) is 3. The normalized spacial score (nSPS) is 18.6. The van der Waals surface area contributed by atoms with Crippen molar-refractivity contribution in [2.75, 3.05) is 25.0 Å².